The van der Waals surface area contributed by atoms with Gasteiger partial charge in [-0.2, -0.15) is 13.2 Å². The molecule has 1 atom stereocenters. The number of hydrogen-bond acceptors (Lipinski definition) is 3. The number of nitrogens with zero attached hydrogens (tertiary/aromatic N) is 2. The first-order valence-corrected chi connectivity index (χ1v) is 7.00. The first-order chi connectivity index (χ1) is 9.90. The molecule has 0 aliphatic carbocycles. The van der Waals surface area contributed by atoms with Gasteiger partial charge < -0.3 is 5.32 Å². The second-order valence-electron chi connectivity index (χ2n) is 4.48. The van der Waals surface area contributed by atoms with Crippen molar-refractivity contribution in [1.82, 2.24) is 15.3 Å². The maximum absolute atomic E-state index is 12.5. The van der Waals surface area contributed by atoms with Gasteiger partial charge in [-0.05, 0) is 47.2 Å². The molecule has 112 valence electrons. The fraction of sp³-hybridized carbons (Fsp3) is 0.286. The monoisotopic (exact) mass is 359 g/mol. The van der Waals surface area contributed by atoms with Crippen molar-refractivity contribution in [3.05, 3.63) is 58.1 Å². The second-order valence-corrected chi connectivity index (χ2v) is 5.40. The minimum atomic E-state index is -4.37. The lowest BCUT2D eigenvalue weighted by Crippen LogP contribution is -2.21. The SMILES string of the molecule is CNC(Cc1ccc(Br)cn1)c1ccc(C(F)(F)F)cn1. The molecule has 2 heterocycles. The number of alkyl halides is 3. The molecule has 2 aromatic heterocycles. The summed E-state index contributed by atoms with van der Waals surface area (Å²) in [6.07, 6.45) is -1.28. The predicted molar refractivity (Wildman–Crippen MR) is 76.7 cm³/mol. The third-order valence-electron chi connectivity index (χ3n) is 3.02. The van der Waals surface area contributed by atoms with Crippen LogP contribution in [0.15, 0.2) is 41.1 Å². The maximum Gasteiger partial charge on any atom is 0.417 e. The Morgan fingerprint density at radius 2 is 1.90 bits per heavy atom. The Balaban J connectivity index is 2.15. The van der Waals surface area contributed by atoms with E-state index in [0.717, 1.165) is 22.4 Å². The number of likely N-dealkylation sites (N-methyl/N-ethyl adjacent to an activating group) is 1. The normalized spacial score (nSPS) is 13.2. The summed E-state index contributed by atoms with van der Waals surface area (Å²) in [4.78, 5) is 8.16. The third kappa shape index (κ3) is 4.25. The molecule has 0 saturated carbocycles. The average molecular weight is 360 g/mol. The molecule has 0 radical (unpaired) electrons. The maximum atomic E-state index is 12.5. The standard InChI is InChI=1S/C14H13BrF3N3/c1-19-13(6-11-4-3-10(15)8-20-11)12-5-2-9(7-21-12)14(16,17)18/h2-5,7-8,13,19H,6H2,1H3. The smallest absolute Gasteiger partial charge is 0.311 e. The van der Waals surface area contributed by atoms with Crippen molar-refractivity contribution in [2.24, 2.45) is 0 Å². The molecule has 0 amide bonds. The van der Waals surface area contributed by atoms with E-state index in [0.29, 0.717) is 12.1 Å². The summed E-state index contributed by atoms with van der Waals surface area (Å²) >= 11 is 3.30. The van der Waals surface area contributed by atoms with Crippen LogP contribution in [-0.2, 0) is 12.6 Å². The summed E-state index contributed by atoms with van der Waals surface area (Å²) in [6.45, 7) is 0. The first kappa shape index (κ1) is 15.9. The van der Waals surface area contributed by atoms with Gasteiger partial charge >= 0.3 is 6.18 Å². The van der Waals surface area contributed by atoms with E-state index in [4.69, 9.17) is 0 Å². The van der Waals surface area contributed by atoms with Crippen LogP contribution in [0.2, 0.25) is 0 Å². The summed E-state index contributed by atoms with van der Waals surface area (Å²) in [6, 6.07) is 5.97. The van der Waals surface area contributed by atoms with E-state index in [1.165, 1.54) is 6.07 Å². The van der Waals surface area contributed by atoms with Gasteiger partial charge in [0.05, 0.1) is 17.3 Å². The Kier molecular flexibility index (Phi) is 4.95. The highest BCUT2D eigenvalue weighted by molar-refractivity contribution is 9.10. The van der Waals surface area contributed by atoms with Crippen LogP contribution in [0.1, 0.15) is 23.0 Å². The van der Waals surface area contributed by atoms with E-state index < -0.39 is 11.7 Å². The molecule has 0 spiro atoms. The van der Waals surface area contributed by atoms with Crippen molar-refractivity contribution in [1.29, 1.82) is 0 Å². The van der Waals surface area contributed by atoms with E-state index in [2.05, 4.69) is 31.2 Å². The highest BCUT2D eigenvalue weighted by atomic mass is 79.9. The molecule has 0 fully saturated rings. The van der Waals surface area contributed by atoms with Gasteiger partial charge in [0.15, 0.2) is 0 Å². The highest BCUT2D eigenvalue weighted by Gasteiger charge is 2.30. The van der Waals surface area contributed by atoms with Gasteiger partial charge in [0.1, 0.15) is 0 Å². The van der Waals surface area contributed by atoms with Crippen LogP contribution in [0.4, 0.5) is 13.2 Å². The quantitative estimate of drug-likeness (QED) is 0.902. The molecule has 1 N–H and O–H groups in total. The topological polar surface area (TPSA) is 37.8 Å². The van der Waals surface area contributed by atoms with E-state index in [1.807, 2.05) is 12.1 Å². The van der Waals surface area contributed by atoms with Crippen LogP contribution in [0, 0.1) is 0 Å². The van der Waals surface area contributed by atoms with Gasteiger partial charge in [-0.25, -0.2) is 0 Å². The third-order valence-corrected chi connectivity index (χ3v) is 3.49. The Morgan fingerprint density at radius 1 is 1.14 bits per heavy atom. The molecule has 0 aliphatic rings. The van der Waals surface area contributed by atoms with Gasteiger partial charge in [0, 0.05) is 29.0 Å². The molecule has 0 saturated heterocycles. The summed E-state index contributed by atoms with van der Waals surface area (Å²) in [7, 11) is 1.74. The lowest BCUT2D eigenvalue weighted by atomic mass is 10.1. The molecule has 7 heteroatoms. The average Bonchev–Trinajstić information content (AvgIpc) is 2.46. The van der Waals surface area contributed by atoms with Crippen LogP contribution >= 0.6 is 15.9 Å². The molecule has 21 heavy (non-hydrogen) atoms. The largest absolute Gasteiger partial charge is 0.417 e. The zero-order chi connectivity index (χ0) is 15.5. The lowest BCUT2D eigenvalue weighted by molar-refractivity contribution is -0.137. The fourth-order valence-corrected chi connectivity index (χ4v) is 2.10. The summed E-state index contributed by atoms with van der Waals surface area (Å²) in [5, 5.41) is 3.04. The Hall–Kier alpha value is -1.47. The van der Waals surface area contributed by atoms with Gasteiger partial charge in [0.25, 0.3) is 0 Å². The summed E-state index contributed by atoms with van der Waals surface area (Å²) < 4.78 is 38.4. The number of halogens is 4. The van der Waals surface area contributed by atoms with Crippen LogP contribution in [0.3, 0.4) is 0 Å². The Morgan fingerprint density at radius 3 is 2.38 bits per heavy atom. The van der Waals surface area contributed by atoms with Gasteiger partial charge in [0.2, 0.25) is 0 Å². The first-order valence-electron chi connectivity index (χ1n) is 6.21. The van der Waals surface area contributed by atoms with Crippen LogP contribution in [0.25, 0.3) is 0 Å². The Labute approximate surface area is 128 Å². The summed E-state index contributed by atoms with van der Waals surface area (Å²) in [5.74, 6) is 0. The van der Waals surface area contributed by atoms with Gasteiger partial charge in [-0.1, -0.05) is 0 Å². The van der Waals surface area contributed by atoms with E-state index in [-0.39, 0.29) is 6.04 Å². The van der Waals surface area contributed by atoms with Crippen LogP contribution in [-0.4, -0.2) is 17.0 Å². The Bertz CT molecular complexity index is 582. The number of hydrogen-bond donors (Lipinski definition) is 1. The van der Waals surface area contributed by atoms with Crippen LogP contribution in [0.5, 0.6) is 0 Å². The molecule has 3 nitrogen and oxygen atoms in total. The zero-order valence-electron chi connectivity index (χ0n) is 11.2. The molecular formula is C14H13BrF3N3. The fourth-order valence-electron chi connectivity index (χ4n) is 1.87. The highest BCUT2D eigenvalue weighted by Crippen LogP contribution is 2.29. The van der Waals surface area contributed by atoms with Gasteiger partial charge in [-0.15, -0.1) is 0 Å². The molecule has 0 bridgehead atoms. The van der Waals surface area contributed by atoms with E-state index in [1.54, 1.807) is 13.2 Å². The van der Waals surface area contributed by atoms with Crippen molar-refractivity contribution in [2.75, 3.05) is 7.05 Å². The minimum Gasteiger partial charge on any atom is -0.311 e. The molecule has 1 unspecified atom stereocenters. The van der Waals surface area contributed by atoms with Crippen LogP contribution < -0.4 is 5.32 Å². The second kappa shape index (κ2) is 6.53. The molecule has 0 aromatic carbocycles. The number of rotatable bonds is 4. The predicted octanol–water partition coefficient (Wildman–Crippen LogP) is 3.76. The van der Waals surface area contributed by atoms with Gasteiger partial charge in [-0.3, -0.25) is 9.97 Å². The number of aromatic nitrogens is 2. The molecule has 0 aliphatic heterocycles. The van der Waals surface area contributed by atoms with Crippen molar-refractivity contribution >= 4 is 15.9 Å². The number of pyridine rings is 2. The van der Waals surface area contributed by atoms with Crippen molar-refractivity contribution < 1.29 is 13.2 Å². The van der Waals surface area contributed by atoms with Crippen molar-refractivity contribution in [3.63, 3.8) is 0 Å². The minimum absolute atomic E-state index is 0.194. The lowest BCUT2D eigenvalue weighted by Gasteiger charge is -2.16. The molecule has 2 rings (SSSR count). The zero-order valence-corrected chi connectivity index (χ0v) is 12.7. The van der Waals surface area contributed by atoms with Crippen molar-refractivity contribution in [3.8, 4) is 0 Å². The number of nitrogens with one attached hydrogen (secondary N) is 1. The summed E-state index contributed by atoms with van der Waals surface area (Å²) in [5.41, 5.74) is 0.636. The van der Waals surface area contributed by atoms with Crippen molar-refractivity contribution in [2.45, 2.75) is 18.6 Å². The van der Waals surface area contributed by atoms with E-state index >= 15 is 0 Å². The molecular weight excluding hydrogens is 347 g/mol. The van der Waals surface area contributed by atoms with E-state index in [9.17, 15) is 13.2 Å². The molecule has 2 aromatic rings.